The Labute approximate surface area is 217 Å². The molecule has 2 aliphatic carbocycles. The van der Waals surface area contributed by atoms with Gasteiger partial charge in [0.05, 0.1) is 18.4 Å². The number of amides is 1. The quantitative estimate of drug-likeness (QED) is 0.341. The zero-order valence-electron chi connectivity index (χ0n) is 20.5. The maximum atomic E-state index is 12.9. The Morgan fingerprint density at radius 3 is 2.60 bits per heavy atom. The van der Waals surface area contributed by atoms with E-state index in [0.29, 0.717) is 21.6 Å². The molecule has 0 spiro atoms. The Hall–Kier alpha value is -2.17. The fourth-order valence-corrected chi connectivity index (χ4v) is 8.36. The third-order valence-corrected chi connectivity index (χ3v) is 10.2. The number of hydrogen-bond acceptors (Lipinski definition) is 8. The number of hydrogen-bond donors (Lipinski definition) is 1. The minimum Gasteiger partial charge on any atom is -0.465 e. The number of thioether (sulfide) groups is 1. The summed E-state index contributed by atoms with van der Waals surface area (Å²) in [5.74, 6) is 1.80. The van der Waals surface area contributed by atoms with Crippen molar-refractivity contribution in [3.05, 3.63) is 31.8 Å². The molecule has 7 nitrogen and oxygen atoms in total. The standard InChI is InChI=1S/C25H30N4O3S3/c1-13-5-7-15-17(11-33-18(15)9-13)22-27-28-25(29(22)3)34-12-20(30)26-23-21(24(31)32-4)16-8-6-14(2)10-19(16)35-23/h11,13-14H,5-10,12H2,1-4H3,(H,26,30). The summed E-state index contributed by atoms with van der Waals surface area (Å²) in [5, 5.41) is 15.3. The molecule has 186 valence electrons. The number of thiophene rings is 2. The van der Waals surface area contributed by atoms with E-state index in [1.807, 2.05) is 23.0 Å². The van der Waals surface area contributed by atoms with Crippen LogP contribution in [0.2, 0.25) is 0 Å². The minimum atomic E-state index is -0.383. The first kappa shape index (κ1) is 24.5. The number of carbonyl (C=O) groups excluding carboxylic acids is 2. The molecule has 1 amide bonds. The molecular formula is C25H30N4O3S3. The molecule has 5 rings (SSSR count). The molecule has 3 heterocycles. The van der Waals surface area contributed by atoms with Gasteiger partial charge in [0.25, 0.3) is 0 Å². The van der Waals surface area contributed by atoms with Crippen molar-refractivity contribution >= 4 is 51.3 Å². The van der Waals surface area contributed by atoms with Crippen molar-refractivity contribution in [2.75, 3.05) is 18.2 Å². The summed E-state index contributed by atoms with van der Waals surface area (Å²) in [5.41, 5.74) is 4.14. The van der Waals surface area contributed by atoms with E-state index >= 15 is 0 Å². The van der Waals surface area contributed by atoms with Crippen LogP contribution < -0.4 is 5.32 Å². The summed E-state index contributed by atoms with van der Waals surface area (Å²) in [6.45, 7) is 4.53. The number of aromatic nitrogens is 3. The van der Waals surface area contributed by atoms with Crippen LogP contribution in [-0.2, 0) is 42.3 Å². The number of nitrogens with one attached hydrogen (secondary N) is 1. The fourth-order valence-electron chi connectivity index (χ4n) is 4.99. The molecule has 2 unspecified atom stereocenters. The largest absolute Gasteiger partial charge is 0.465 e. The van der Waals surface area contributed by atoms with E-state index in [2.05, 4.69) is 34.7 Å². The van der Waals surface area contributed by atoms with Gasteiger partial charge in [-0.2, -0.15) is 0 Å². The lowest BCUT2D eigenvalue weighted by molar-refractivity contribution is -0.113. The smallest absolute Gasteiger partial charge is 0.341 e. The van der Waals surface area contributed by atoms with Crippen molar-refractivity contribution in [3.8, 4) is 11.4 Å². The third kappa shape index (κ3) is 4.80. The van der Waals surface area contributed by atoms with Gasteiger partial charge in [0.2, 0.25) is 5.91 Å². The van der Waals surface area contributed by atoms with Crippen molar-refractivity contribution in [2.24, 2.45) is 18.9 Å². The van der Waals surface area contributed by atoms with Crippen molar-refractivity contribution < 1.29 is 14.3 Å². The van der Waals surface area contributed by atoms with Crippen LogP contribution in [0.3, 0.4) is 0 Å². The highest BCUT2D eigenvalue weighted by Gasteiger charge is 2.29. The molecule has 0 aliphatic heterocycles. The number of anilines is 1. The first-order chi connectivity index (χ1) is 16.9. The summed E-state index contributed by atoms with van der Waals surface area (Å²) >= 11 is 4.67. The van der Waals surface area contributed by atoms with Gasteiger partial charge >= 0.3 is 5.97 Å². The molecule has 0 aromatic carbocycles. The maximum Gasteiger partial charge on any atom is 0.341 e. The van der Waals surface area contributed by atoms with Crippen molar-refractivity contribution in [3.63, 3.8) is 0 Å². The highest BCUT2D eigenvalue weighted by atomic mass is 32.2. The number of rotatable bonds is 6. The van der Waals surface area contributed by atoms with Crippen LogP contribution in [0.15, 0.2) is 10.5 Å². The highest BCUT2D eigenvalue weighted by molar-refractivity contribution is 7.99. The van der Waals surface area contributed by atoms with Gasteiger partial charge in [0, 0.05) is 27.7 Å². The summed E-state index contributed by atoms with van der Waals surface area (Å²) < 4.78 is 7.00. The predicted octanol–water partition coefficient (Wildman–Crippen LogP) is 5.37. The van der Waals surface area contributed by atoms with Gasteiger partial charge in [0.1, 0.15) is 5.00 Å². The van der Waals surface area contributed by atoms with E-state index in [-0.39, 0.29) is 17.6 Å². The molecular weight excluding hydrogens is 501 g/mol. The van der Waals surface area contributed by atoms with E-state index in [9.17, 15) is 9.59 Å². The molecule has 1 N–H and O–H groups in total. The van der Waals surface area contributed by atoms with Crippen molar-refractivity contribution in [1.29, 1.82) is 0 Å². The molecule has 0 fully saturated rings. The van der Waals surface area contributed by atoms with Crippen LogP contribution >= 0.6 is 34.4 Å². The van der Waals surface area contributed by atoms with Crippen LogP contribution in [0.5, 0.6) is 0 Å². The summed E-state index contributed by atoms with van der Waals surface area (Å²) in [4.78, 5) is 28.0. The van der Waals surface area contributed by atoms with Gasteiger partial charge in [-0.3, -0.25) is 4.79 Å². The Bertz CT molecular complexity index is 1280. The molecule has 3 aromatic heterocycles. The van der Waals surface area contributed by atoms with Crippen LogP contribution in [0.1, 0.15) is 57.9 Å². The predicted molar refractivity (Wildman–Crippen MR) is 142 cm³/mol. The molecule has 10 heteroatoms. The zero-order chi connectivity index (χ0) is 24.7. The second-order valence-corrected chi connectivity index (χ2v) is 12.7. The summed E-state index contributed by atoms with van der Waals surface area (Å²) in [7, 11) is 3.34. The van der Waals surface area contributed by atoms with Crippen LogP contribution in [0.25, 0.3) is 11.4 Å². The van der Waals surface area contributed by atoms with Crippen molar-refractivity contribution in [1.82, 2.24) is 14.8 Å². The van der Waals surface area contributed by atoms with Crippen LogP contribution in [0.4, 0.5) is 5.00 Å². The lowest BCUT2D eigenvalue weighted by atomic mass is 9.88. The molecule has 2 atom stereocenters. The number of ether oxygens (including phenoxy) is 1. The molecule has 3 aromatic rings. The average Bonchev–Trinajstić information content (AvgIpc) is 3.51. The van der Waals surface area contributed by atoms with Gasteiger partial charge in [0.15, 0.2) is 11.0 Å². The second kappa shape index (κ2) is 10.1. The zero-order valence-corrected chi connectivity index (χ0v) is 22.9. The van der Waals surface area contributed by atoms with Gasteiger partial charge in [-0.05, 0) is 61.5 Å². The molecule has 35 heavy (non-hydrogen) atoms. The second-order valence-electron chi connectivity index (χ2n) is 9.65. The molecule has 0 saturated heterocycles. The molecule has 0 bridgehead atoms. The first-order valence-electron chi connectivity index (χ1n) is 12.0. The van der Waals surface area contributed by atoms with Crippen LogP contribution in [0, 0.1) is 11.8 Å². The minimum absolute atomic E-state index is 0.168. The number of carbonyl (C=O) groups is 2. The highest BCUT2D eigenvalue weighted by Crippen LogP contribution is 2.41. The summed E-state index contributed by atoms with van der Waals surface area (Å²) in [6, 6.07) is 0. The van der Waals surface area contributed by atoms with Gasteiger partial charge < -0.3 is 14.6 Å². The first-order valence-corrected chi connectivity index (χ1v) is 14.7. The van der Waals surface area contributed by atoms with Gasteiger partial charge in [-0.25, -0.2) is 4.79 Å². The third-order valence-electron chi connectivity index (χ3n) is 6.96. The Morgan fingerprint density at radius 2 is 1.86 bits per heavy atom. The molecule has 2 aliphatic rings. The molecule has 0 saturated carbocycles. The lowest BCUT2D eigenvalue weighted by Gasteiger charge is -2.18. The molecule has 0 radical (unpaired) electrons. The van der Waals surface area contributed by atoms with E-state index in [1.54, 1.807) is 0 Å². The maximum absolute atomic E-state index is 12.9. The van der Waals surface area contributed by atoms with Gasteiger partial charge in [-0.1, -0.05) is 25.6 Å². The SMILES string of the molecule is COC(=O)c1c(NC(=O)CSc2nnc(-c3csc4c3CCC(C)C4)n2C)sc2c1CCC(C)C2. The van der Waals surface area contributed by atoms with Crippen LogP contribution in [-0.4, -0.2) is 39.5 Å². The number of fused-ring (bicyclic) bond motifs is 2. The average molecular weight is 531 g/mol. The monoisotopic (exact) mass is 530 g/mol. The van der Waals surface area contributed by atoms with Crippen molar-refractivity contribution in [2.45, 2.75) is 57.5 Å². The van der Waals surface area contributed by atoms with E-state index in [1.165, 1.54) is 57.5 Å². The van der Waals surface area contributed by atoms with E-state index in [4.69, 9.17) is 4.74 Å². The summed E-state index contributed by atoms with van der Waals surface area (Å²) in [6.07, 6.45) is 6.24. The van der Waals surface area contributed by atoms with E-state index in [0.717, 1.165) is 49.4 Å². The Kier molecular flexibility index (Phi) is 7.05. The topological polar surface area (TPSA) is 86.1 Å². The van der Waals surface area contributed by atoms with Gasteiger partial charge in [-0.15, -0.1) is 32.9 Å². The number of nitrogens with zero attached hydrogens (tertiary/aromatic N) is 3. The Morgan fingerprint density at radius 1 is 1.14 bits per heavy atom. The lowest BCUT2D eigenvalue weighted by Crippen LogP contribution is -2.17. The Balaban J connectivity index is 1.29. The normalized spacial score (nSPS) is 19.2. The fraction of sp³-hybridized carbons (Fsp3) is 0.520. The number of methoxy groups -OCH3 is 1. The number of esters is 1. The van der Waals surface area contributed by atoms with E-state index < -0.39 is 0 Å².